The van der Waals surface area contributed by atoms with E-state index in [0.717, 1.165) is 8.96 Å². The van der Waals surface area contributed by atoms with E-state index in [1.54, 1.807) is 31.2 Å². The van der Waals surface area contributed by atoms with Gasteiger partial charge in [-0.1, -0.05) is 18.2 Å². The van der Waals surface area contributed by atoms with Gasteiger partial charge in [0.1, 0.15) is 5.58 Å². The summed E-state index contributed by atoms with van der Waals surface area (Å²) in [4.78, 5) is 23.9. The number of rotatable bonds is 9. The maximum atomic E-state index is 12.3. The summed E-state index contributed by atoms with van der Waals surface area (Å²) in [7, 11) is 0. The van der Waals surface area contributed by atoms with Gasteiger partial charge in [-0.2, -0.15) is 5.10 Å². The number of carbonyl (C=O) groups excluding carboxylic acids is 2. The Labute approximate surface area is 192 Å². The van der Waals surface area contributed by atoms with Crippen LogP contribution in [0.5, 0.6) is 11.5 Å². The number of para-hydroxylation sites is 1. The molecule has 0 unspecified atom stereocenters. The van der Waals surface area contributed by atoms with E-state index in [9.17, 15) is 9.59 Å². The molecule has 0 fully saturated rings. The summed E-state index contributed by atoms with van der Waals surface area (Å²) < 4.78 is 22.3. The first-order valence-electron chi connectivity index (χ1n) is 9.58. The van der Waals surface area contributed by atoms with Crippen LogP contribution in [0, 0.1) is 3.57 Å². The molecular formula is C22H21IN2O6. The van der Waals surface area contributed by atoms with Crippen LogP contribution in [0.1, 0.15) is 30.0 Å². The van der Waals surface area contributed by atoms with Crippen molar-refractivity contribution in [2.75, 3.05) is 19.8 Å². The average molecular weight is 536 g/mol. The second-order valence-electron chi connectivity index (χ2n) is 6.20. The number of nitrogens with one attached hydrogen (secondary N) is 1. The van der Waals surface area contributed by atoms with Crippen LogP contribution >= 0.6 is 22.6 Å². The zero-order chi connectivity index (χ0) is 22.2. The summed E-state index contributed by atoms with van der Waals surface area (Å²) in [6.45, 7) is 4.05. The number of nitrogens with zero attached hydrogens (tertiary/aromatic N) is 1. The molecule has 0 radical (unpaired) electrons. The number of benzene rings is 2. The predicted octanol–water partition coefficient (Wildman–Crippen LogP) is 4.14. The van der Waals surface area contributed by atoms with Crippen molar-refractivity contribution < 1.29 is 28.2 Å². The Morgan fingerprint density at radius 1 is 1.13 bits per heavy atom. The maximum absolute atomic E-state index is 12.3. The number of furan rings is 1. The summed E-state index contributed by atoms with van der Waals surface area (Å²) in [5, 5.41) is 4.84. The Kier molecular flexibility index (Phi) is 7.88. The first-order valence-corrected chi connectivity index (χ1v) is 10.7. The number of fused-ring (bicyclic) bond motifs is 1. The Balaban J connectivity index is 1.70. The Morgan fingerprint density at radius 2 is 1.94 bits per heavy atom. The fourth-order valence-electron chi connectivity index (χ4n) is 2.71. The van der Waals surface area contributed by atoms with Crippen LogP contribution in [0.15, 0.2) is 52.0 Å². The van der Waals surface area contributed by atoms with Gasteiger partial charge in [-0.05, 0) is 66.3 Å². The molecule has 0 bridgehead atoms. The first-order chi connectivity index (χ1) is 15.0. The molecule has 0 saturated carbocycles. The second-order valence-corrected chi connectivity index (χ2v) is 7.37. The largest absolute Gasteiger partial charge is 0.490 e. The molecule has 3 rings (SSSR count). The van der Waals surface area contributed by atoms with Gasteiger partial charge >= 0.3 is 11.9 Å². The van der Waals surface area contributed by atoms with E-state index in [-0.39, 0.29) is 19.0 Å². The SMILES string of the molecule is CCOC(=O)COc1c(I)cc(/C=N/NC(=O)c2cc3ccccc3o2)cc1OCC. The van der Waals surface area contributed by atoms with Crippen LogP contribution in [0.2, 0.25) is 0 Å². The quantitative estimate of drug-likeness (QED) is 0.191. The zero-order valence-electron chi connectivity index (χ0n) is 17.0. The molecule has 0 aliphatic rings. The Morgan fingerprint density at radius 3 is 2.68 bits per heavy atom. The van der Waals surface area contributed by atoms with E-state index in [0.29, 0.717) is 29.3 Å². The lowest BCUT2D eigenvalue weighted by Crippen LogP contribution is -2.17. The molecule has 2 aromatic carbocycles. The monoisotopic (exact) mass is 536 g/mol. The lowest BCUT2D eigenvalue weighted by Gasteiger charge is -2.14. The average Bonchev–Trinajstić information content (AvgIpc) is 3.18. The van der Waals surface area contributed by atoms with Gasteiger partial charge in [0.15, 0.2) is 23.9 Å². The maximum Gasteiger partial charge on any atom is 0.344 e. The number of hydrogen-bond donors (Lipinski definition) is 1. The number of carbonyl (C=O) groups is 2. The molecule has 0 aliphatic heterocycles. The summed E-state index contributed by atoms with van der Waals surface area (Å²) >= 11 is 2.08. The fraction of sp³-hybridized carbons (Fsp3) is 0.227. The highest BCUT2D eigenvalue weighted by molar-refractivity contribution is 14.1. The minimum atomic E-state index is -0.459. The number of esters is 1. The number of halogens is 1. The molecule has 1 amide bonds. The van der Waals surface area contributed by atoms with Crippen LogP contribution < -0.4 is 14.9 Å². The van der Waals surface area contributed by atoms with Gasteiger partial charge in [0.05, 0.1) is 23.0 Å². The first kappa shape index (κ1) is 22.6. The van der Waals surface area contributed by atoms with Crippen molar-refractivity contribution in [2.24, 2.45) is 5.10 Å². The van der Waals surface area contributed by atoms with Gasteiger partial charge in [0, 0.05) is 5.39 Å². The summed E-state index contributed by atoms with van der Waals surface area (Å²) in [6.07, 6.45) is 1.49. The number of amides is 1. The van der Waals surface area contributed by atoms with E-state index in [2.05, 4.69) is 33.1 Å². The van der Waals surface area contributed by atoms with Crippen LogP contribution in [0.3, 0.4) is 0 Å². The van der Waals surface area contributed by atoms with Gasteiger partial charge < -0.3 is 18.6 Å². The molecule has 8 nitrogen and oxygen atoms in total. The standard InChI is InChI=1S/C22H21IN2O6/c1-3-28-18-10-14(9-16(23)21(18)30-13-20(26)29-4-2)12-24-25-22(27)19-11-15-7-5-6-8-17(15)31-19/h5-12H,3-4,13H2,1-2H3,(H,25,27)/b24-12+. The van der Waals surface area contributed by atoms with Gasteiger partial charge in [-0.25, -0.2) is 10.2 Å². The molecule has 1 N–H and O–H groups in total. The molecule has 3 aromatic rings. The molecule has 162 valence electrons. The highest BCUT2D eigenvalue weighted by atomic mass is 127. The van der Waals surface area contributed by atoms with E-state index >= 15 is 0 Å². The normalized spacial score (nSPS) is 10.9. The number of hydrogen-bond acceptors (Lipinski definition) is 7. The van der Waals surface area contributed by atoms with Crippen molar-refractivity contribution in [3.8, 4) is 11.5 Å². The minimum Gasteiger partial charge on any atom is -0.490 e. The summed E-state index contributed by atoms with van der Waals surface area (Å²) in [5.74, 6) is 0.162. The van der Waals surface area contributed by atoms with E-state index in [4.69, 9.17) is 18.6 Å². The van der Waals surface area contributed by atoms with E-state index < -0.39 is 11.9 Å². The van der Waals surface area contributed by atoms with Gasteiger partial charge in [0.25, 0.3) is 0 Å². The predicted molar refractivity (Wildman–Crippen MR) is 124 cm³/mol. The highest BCUT2D eigenvalue weighted by Gasteiger charge is 2.15. The van der Waals surface area contributed by atoms with Crippen LogP contribution in [-0.4, -0.2) is 37.9 Å². The molecule has 9 heteroatoms. The molecule has 1 aromatic heterocycles. The smallest absolute Gasteiger partial charge is 0.344 e. The van der Waals surface area contributed by atoms with E-state index in [1.165, 1.54) is 6.21 Å². The second kappa shape index (κ2) is 10.8. The Hall–Kier alpha value is -3.08. The third-order valence-corrected chi connectivity index (χ3v) is 4.80. The molecule has 1 heterocycles. The summed E-state index contributed by atoms with van der Waals surface area (Å²) in [6, 6.07) is 12.5. The van der Waals surface area contributed by atoms with Crippen molar-refractivity contribution in [3.05, 3.63) is 57.4 Å². The molecule has 0 atom stereocenters. The molecule has 0 spiro atoms. The van der Waals surface area contributed by atoms with Crippen LogP contribution in [0.25, 0.3) is 11.0 Å². The number of ether oxygens (including phenoxy) is 3. The zero-order valence-corrected chi connectivity index (χ0v) is 19.2. The molecular weight excluding hydrogens is 515 g/mol. The topological polar surface area (TPSA) is 99.4 Å². The van der Waals surface area contributed by atoms with Gasteiger partial charge in [-0.3, -0.25) is 4.79 Å². The van der Waals surface area contributed by atoms with Crippen LogP contribution in [0.4, 0.5) is 0 Å². The van der Waals surface area contributed by atoms with Crippen LogP contribution in [-0.2, 0) is 9.53 Å². The number of hydrazone groups is 1. The fourth-order valence-corrected chi connectivity index (χ4v) is 3.49. The van der Waals surface area contributed by atoms with Crippen molar-refractivity contribution in [2.45, 2.75) is 13.8 Å². The summed E-state index contributed by atoms with van der Waals surface area (Å²) in [5.41, 5.74) is 3.76. The molecule has 31 heavy (non-hydrogen) atoms. The Bertz CT molecular complexity index is 1080. The third kappa shape index (κ3) is 5.97. The van der Waals surface area contributed by atoms with Crippen molar-refractivity contribution >= 4 is 51.7 Å². The van der Waals surface area contributed by atoms with Gasteiger partial charge in [0.2, 0.25) is 0 Å². The molecule has 0 aliphatic carbocycles. The minimum absolute atomic E-state index is 0.172. The van der Waals surface area contributed by atoms with Crippen molar-refractivity contribution in [1.29, 1.82) is 0 Å². The highest BCUT2D eigenvalue weighted by Crippen LogP contribution is 2.34. The third-order valence-electron chi connectivity index (χ3n) is 4.00. The van der Waals surface area contributed by atoms with Crippen molar-refractivity contribution in [1.82, 2.24) is 5.43 Å². The lowest BCUT2D eigenvalue weighted by molar-refractivity contribution is -0.145. The van der Waals surface area contributed by atoms with Gasteiger partial charge in [-0.15, -0.1) is 0 Å². The lowest BCUT2D eigenvalue weighted by atomic mass is 10.2. The molecule has 0 saturated heterocycles. The van der Waals surface area contributed by atoms with E-state index in [1.807, 2.05) is 25.1 Å². The van der Waals surface area contributed by atoms with Crippen molar-refractivity contribution in [3.63, 3.8) is 0 Å².